The zero-order valence-corrected chi connectivity index (χ0v) is 18.6. The minimum atomic E-state index is -5.33. The molecule has 1 aromatic heterocycles. The van der Waals surface area contributed by atoms with Gasteiger partial charge in [0.05, 0.1) is 11.3 Å². The van der Waals surface area contributed by atoms with Crippen LogP contribution in [0.2, 0.25) is 0 Å². The molecule has 2 N–H and O–H groups in total. The summed E-state index contributed by atoms with van der Waals surface area (Å²) in [6.07, 6.45) is -5.33. The standard InChI is InChI=1S/C24H20F4N2O5/c1-13-3-4-15(22(32)35-23(33)24(26,27)28)9-20(13)30-14(2)7-19(10-21(30)31)34-12-16-5-6-18(25)8-17(16)11-29/h3-10H,11-12,29H2,1-2H3. The van der Waals surface area contributed by atoms with E-state index in [-0.39, 0.29) is 30.2 Å². The molecule has 1 heterocycles. The highest BCUT2D eigenvalue weighted by Crippen LogP contribution is 2.22. The van der Waals surface area contributed by atoms with Crippen LogP contribution >= 0.6 is 0 Å². The molecule has 7 nitrogen and oxygen atoms in total. The minimum absolute atomic E-state index is 0.0310. The molecule has 0 unspecified atom stereocenters. The second-order valence-corrected chi connectivity index (χ2v) is 7.59. The zero-order chi connectivity index (χ0) is 25.9. The molecule has 0 saturated heterocycles. The van der Waals surface area contributed by atoms with E-state index in [0.29, 0.717) is 22.4 Å². The maximum Gasteiger partial charge on any atom is 0.491 e. The lowest BCUT2D eigenvalue weighted by Gasteiger charge is -2.16. The number of carbonyl (C=O) groups excluding carboxylic acids is 2. The van der Waals surface area contributed by atoms with E-state index < -0.39 is 29.5 Å². The van der Waals surface area contributed by atoms with Crippen LogP contribution in [-0.4, -0.2) is 22.7 Å². The van der Waals surface area contributed by atoms with E-state index in [2.05, 4.69) is 4.74 Å². The van der Waals surface area contributed by atoms with Gasteiger partial charge in [-0.3, -0.25) is 9.36 Å². The van der Waals surface area contributed by atoms with E-state index in [0.717, 1.165) is 6.07 Å². The second kappa shape index (κ2) is 10.1. The van der Waals surface area contributed by atoms with E-state index in [1.165, 1.54) is 41.0 Å². The molecular weight excluding hydrogens is 472 g/mol. The van der Waals surface area contributed by atoms with Crippen molar-refractivity contribution in [3.63, 3.8) is 0 Å². The Morgan fingerprint density at radius 3 is 2.34 bits per heavy atom. The molecular formula is C24H20F4N2O5. The average molecular weight is 492 g/mol. The van der Waals surface area contributed by atoms with E-state index in [1.807, 2.05) is 0 Å². The predicted molar refractivity (Wildman–Crippen MR) is 117 cm³/mol. The van der Waals surface area contributed by atoms with Crippen LogP contribution in [0.15, 0.2) is 53.3 Å². The van der Waals surface area contributed by atoms with Gasteiger partial charge in [0, 0.05) is 24.4 Å². The molecule has 35 heavy (non-hydrogen) atoms. The van der Waals surface area contributed by atoms with Crippen LogP contribution in [0.1, 0.15) is 32.7 Å². The number of aromatic nitrogens is 1. The number of hydrogen-bond acceptors (Lipinski definition) is 6. The van der Waals surface area contributed by atoms with Crippen LogP contribution in [0.25, 0.3) is 5.69 Å². The molecule has 0 fully saturated rings. The third kappa shape index (κ3) is 5.93. The summed E-state index contributed by atoms with van der Waals surface area (Å²) in [6, 6.07) is 10.6. The number of halogens is 4. The van der Waals surface area contributed by atoms with Gasteiger partial charge in [-0.15, -0.1) is 0 Å². The van der Waals surface area contributed by atoms with Gasteiger partial charge in [0.2, 0.25) is 0 Å². The summed E-state index contributed by atoms with van der Waals surface area (Å²) in [7, 11) is 0. The summed E-state index contributed by atoms with van der Waals surface area (Å²) in [6.45, 7) is 3.35. The number of esters is 2. The summed E-state index contributed by atoms with van der Waals surface area (Å²) in [5.41, 5.74) is 7.07. The fourth-order valence-electron chi connectivity index (χ4n) is 3.33. The normalized spacial score (nSPS) is 11.3. The number of nitrogens with two attached hydrogens (primary N) is 1. The number of alkyl halides is 3. The lowest BCUT2D eigenvalue weighted by molar-refractivity contribution is -0.193. The highest BCUT2D eigenvalue weighted by Gasteiger charge is 2.42. The van der Waals surface area contributed by atoms with Crippen LogP contribution in [0.5, 0.6) is 5.75 Å². The Labute approximate surface area is 196 Å². The topological polar surface area (TPSA) is 101 Å². The Morgan fingerprint density at radius 2 is 1.71 bits per heavy atom. The molecule has 3 rings (SSSR count). The third-order valence-electron chi connectivity index (χ3n) is 5.08. The Balaban J connectivity index is 1.88. The number of benzene rings is 2. The number of ether oxygens (including phenoxy) is 2. The van der Waals surface area contributed by atoms with Gasteiger partial charge in [0.15, 0.2) is 0 Å². The number of carbonyl (C=O) groups is 2. The summed E-state index contributed by atoms with van der Waals surface area (Å²) >= 11 is 0. The minimum Gasteiger partial charge on any atom is -0.489 e. The van der Waals surface area contributed by atoms with Crippen molar-refractivity contribution in [1.29, 1.82) is 0 Å². The molecule has 0 aliphatic heterocycles. The van der Waals surface area contributed by atoms with Crippen LogP contribution in [0, 0.1) is 19.7 Å². The van der Waals surface area contributed by atoms with Crippen molar-refractivity contribution in [2.75, 3.05) is 0 Å². The molecule has 0 saturated carbocycles. The lowest BCUT2D eigenvalue weighted by Crippen LogP contribution is -2.28. The number of nitrogens with zero attached hydrogens (tertiary/aromatic N) is 1. The fourth-order valence-corrected chi connectivity index (χ4v) is 3.33. The summed E-state index contributed by atoms with van der Waals surface area (Å²) in [5.74, 6) is -4.36. The van der Waals surface area contributed by atoms with Gasteiger partial charge >= 0.3 is 18.1 Å². The monoisotopic (exact) mass is 492 g/mol. The first-order valence-electron chi connectivity index (χ1n) is 10.2. The molecule has 184 valence electrons. The predicted octanol–water partition coefficient (Wildman–Crippen LogP) is 3.88. The Bertz CT molecular complexity index is 1350. The van der Waals surface area contributed by atoms with Gasteiger partial charge in [-0.1, -0.05) is 12.1 Å². The van der Waals surface area contributed by atoms with Gasteiger partial charge in [-0.05, 0) is 54.8 Å². The van der Waals surface area contributed by atoms with Crippen molar-refractivity contribution in [1.82, 2.24) is 4.57 Å². The molecule has 0 bridgehead atoms. The van der Waals surface area contributed by atoms with Crippen molar-refractivity contribution < 1.29 is 36.6 Å². The van der Waals surface area contributed by atoms with Gasteiger partial charge < -0.3 is 15.2 Å². The van der Waals surface area contributed by atoms with Gasteiger partial charge in [0.1, 0.15) is 18.2 Å². The summed E-state index contributed by atoms with van der Waals surface area (Å²) in [4.78, 5) is 35.9. The average Bonchev–Trinajstić information content (AvgIpc) is 2.78. The van der Waals surface area contributed by atoms with Crippen LogP contribution in [-0.2, 0) is 22.7 Å². The molecule has 3 aromatic rings. The summed E-state index contributed by atoms with van der Waals surface area (Å²) in [5, 5.41) is 0. The highest BCUT2D eigenvalue weighted by molar-refractivity contribution is 5.98. The van der Waals surface area contributed by atoms with Crippen LogP contribution in [0.3, 0.4) is 0 Å². The first-order valence-corrected chi connectivity index (χ1v) is 10.2. The van der Waals surface area contributed by atoms with Crippen molar-refractivity contribution in [2.24, 2.45) is 5.73 Å². The Kier molecular flexibility index (Phi) is 7.39. The number of rotatable bonds is 6. The lowest BCUT2D eigenvalue weighted by atomic mass is 10.1. The van der Waals surface area contributed by atoms with Gasteiger partial charge in [-0.25, -0.2) is 14.0 Å². The fraction of sp³-hybridized carbons (Fsp3) is 0.208. The zero-order valence-electron chi connectivity index (χ0n) is 18.6. The maximum atomic E-state index is 13.4. The van der Waals surface area contributed by atoms with Crippen LogP contribution < -0.4 is 16.0 Å². The first-order chi connectivity index (χ1) is 16.4. The molecule has 0 aliphatic carbocycles. The molecule has 0 aliphatic rings. The largest absolute Gasteiger partial charge is 0.491 e. The second-order valence-electron chi connectivity index (χ2n) is 7.59. The third-order valence-corrected chi connectivity index (χ3v) is 5.08. The molecule has 0 radical (unpaired) electrons. The SMILES string of the molecule is Cc1ccc(C(=O)OC(=O)C(F)(F)F)cc1-n1c(C)cc(OCc2ccc(F)cc2CN)cc1=O. The molecule has 11 heteroatoms. The molecule has 0 amide bonds. The highest BCUT2D eigenvalue weighted by atomic mass is 19.4. The van der Waals surface area contributed by atoms with Crippen LogP contribution in [0.4, 0.5) is 17.6 Å². The van der Waals surface area contributed by atoms with Gasteiger partial charge in [-0.2, -0.15) is 13.2 Å². The van der Waals surface area contributed by atoms with Crippen molar-refractivity contribution in [2.45, 2.75) is 33.2 Å². The number of hydrogen-bond donors (Lipinski definition) is 1. The summed E-state index contributed by atoms with van der Waals surface area (Å²) < 4.78 is 61.4. The first kappa shape index (κ1) is 25.6. The van der Waals surface area contributed by atoms with Gasteiger partial charge in [0.25, 0.3) is 5.56 Å². The molecule has 2 aromatic carbocycles. The van der Waals surface area contributed by atoms with E-state index in [4.69, 9.17) is 10.5 Å². The van der Waals surface area contributed by atoms with E-state index in [1.54, 1.807) is 19.9 Å². The van der Waals surface area contributed by atoms with Crippen molar-refractivity contribution >= 4 is 11.9 Å². The smallest absolute Gasteiger partial charge is 0.489 e. The molecule has 0 spiro atoms. The van der Waals surface area contributed by atoms with Crippen molar-refractivity contribution in [3.8, 4) is 11.4 Å². The quantitative estimate of drug-likeness (QED) is 0.319. The van der Waals surface area contributed by atoms with E-state index in [9.17, 15) is 31.9 Å². The Morgan fingerprint density at radius 1 is 1.00 bits per heavy atom. The number of aryl methyl sites for hydroxylation is 2. The number of pyridine rings is 1. The molecule has 0 atom stereocenters. The van der Waals surface area contributed by atoms with E-state index >= 15 is 0 Å². The maximum absolute atomic E-state index is 13.4. The van der Waals surface area contributed by atoms with Crippen molar-refractivity contribution in [3.05, 3.63) is 92.6 Å². The Hall–Kier alpha value is -3.99.